The lowest BCUT2D eigenvalue weighted by Crippen LogP contribution is -1.91. The Bertz CT molecular complexity index is 702. The van der Waals surface area contributed by atoms with Crippen molar-refractivity contribution in [2.24, 2.45) is 0 Å². The lowest BCUT2D eigenvalue weighted by Gasteiger charge is -1.97. The lowest BCUT2D eigenvalue weighted by atomic mass is 10.1. The smallest absolute Gasteiger partial charge is 0.143 e. The highest BCUT2D eigenvalue weighted by Crippen LogP contribution is 2.28. The van der Waals surface area contributed by atoms with Crippen LogP contribution in [0.2, 0.25) is 0 Å². The summed E-state index contributed by atoms with van der Waals surface area (Å²) in [5, 5.41) is 1.40. The Morgan fingerprint density at radius 1 is 1.31 bits per heavy atom. The molecule has 0 bridgehead atoms. The molecule has 2 aromatic heterocycles. The number of aromatic nitrogens is 3. The van der Waals surface area contributed by atoms with Gasteiger partial charge in [0.15, 0.2) is 0 Å². The number of anilines is 1. The van der Waals surface area contributed by atoms with Crippen molar-refractivity contribution in [2.75, 3.05) is 5.73 Å². The van der Waals surface area contributed by atoms with Gasteiger partial charge in [0.05, 0.1) is 5.39 Å². The molecule has 0 saturated carbocycles. The Morgan fingerprint density at radius 3 is 2.94 bits per heavy atom. The highest BCUT2D eigenvalue weighted by Gasteiger charge is 2.11. The molecule has 16 heavy (non-hydrogen) atoms. The van der Waals surface area contributed by atoms with E-state index >= 15 is 0 Å². The van der Waals surface area contributed by atoms with Crippen molar-refractivity contribution in [3.8, 4) is 0 Å². The van der Waals surface area contributed by atoms with Crippen molar-refractivity contribution in [1.29, 1.82) is 0 Å². The molecule has 0 aliphatic rings. The van der Waals surface area contributed by atoms with E-state index in [0.717, 1.165) is 10.9 Å². The third-order valence-corrected chi connectivity index (χ3v) is 2.70. The Labute approximate surface area is 90.3 Å². The van der Waals surface area contributed by atoms with Gasteiger partial charge in [-0.2, -0.15) is 0 Å². The zero-order chi connectivity index (χ0) is 11.3. The molecule has 0 saturated heterocycles. The highest BCUT2D eigenvalue weighted by atomic mass is 19.1. The van der Waals surface area contributed by atoms with Gasteiger partial charge < -0.3 is 10.7 Å². The van der Waals surface area contributed by atoms with Gasteiger partial charge in [-0.15, -0.1) is 0 Å². The fourth-order valence-electron chi connectivity index (χ4n) is 1.88. The van der Waals surface area contributed by atoms with Gasteiger partial charge in [-0.05, 0) is 24.6 Å². The number of H-pyrrole nitrogens is 1. The first-order valence-electron chi connectivity index (χ1n) is 4.85. The van der Waals surface area contributed by atoms with Crippen LogP contribution in [0.15, 0.2) is 18.5 Å². The molecule has 0 spiro atoms. The minimum Gasteiger partial charge on any atom is -0.383 e. The normalized spacial score (nSPS) is 11.4. The second kappa shape index (κ2) is 2.91. The van der Waals surface area contributed by atoms with Crippen LogP contribution in [0, 0.1) is 12.7 Å². The molecule has 2 heterocycles. The van der Waals surface area contributed by atoms with Crippen LogP contribution in [0.25, 0.3) is 21.9 Å². The molecule has 5 heteroatoms. The molecular formula is C11H9FN4. The molecule has 3 rings (SSSR count). The van der Waals surface area contributed by atoms with Crippen LogP contribution >= 0.6 is 0 Å². The largest absolute Gasteiger partial charge is 0.383 e. The maximum Gasteiger partial charge on any atom is 0.143 e. The summed E-state index contributed by atoms with van der Waals surface area (Å²) in [7, 11) is 0. The lowest BCUT2D eigenvalue weighted by molar-refractivity contribution is 0.620. The van der Waals surface area contributed by atoms with Crippen LogP contribution in [-0.4, -0.2) is 15.0 Å². The van der Waals surface area contributed by atoms with E-state index in [0.29, 0.717) is 22.4 Å². The number of aromatic amines is 1. The van der Waals surface area contributed by atoms with Gasteiger partial charge in [0.2, 0.25) is 0 Å². The predicted molar refractivity (Wildman–Crippen MR) is 60.5 cm³/mol. The first-order chi connectivity index (χ1) is 7.66. The second-order valence-corrected chi connectivity index (χ2v) is 3.75. The highest BCUT2D eigenvalue weighted by molar-refractivity contribution is 6.10. The number of aryl methyl sites for hydroxylation is 1. The Morgan fingerprint density at radius 2 is 2.12 bits per heavy atom. The van der Waals surface area contributed by atoms with E-state index in [1.54, 1.807) is 13.0 Å². The molecule has 80 valence electrons. The molecule has 3 aromatic rings. The molecule has 0 radical (unpaired) electrons. The van der Waals surface area contributed by atoms with Gasteiger partial charge in [0.1, 0.15) is 23.6 Å². The minimum atomic E-state index is -0.253. The summed E-state index contributed by atoms with van der Waals surface area (Å²) >= 11 is 0. The number of nitrogens with two attached hydrogens (primary N) is 1. The average Bonchev–Trinajstić information content (AvgIpc) is 2.58. The van der Waals surface area contributed by atoms with Gasteiger partial charge in [-0.3, -0.25) is 0 Å². The van der Waals surface area contributed by atoms with Gasteiger partial charge in [-0.25, -0.2) is 14.4 Å². The number of nitrogens with one attached hydrogen (secondary N) is 1. The number of hydrogen-bond acceptors (Lipinski definition) is 3. The van der Waals surface area contributed by atoms with Crippen molar-refractivity contribution in [1.82, 2.24) is 15.0 Å². The van der Waals surface area contributed by atoms with Crippen LogP contribution in [0.3, 0.4) is 0 Å². The predicted octanol–water partition coefficient (Wildman–Crippen LogP) is 2.14. The van der Waals surface area contributed by atoms with Gasteiger partial charge in [0.25, 0.3) is 0 Å². The van der Waals surface area contributed by atoms with Gasteiger partial charge in [0, 0.05) is 10.9 Å². The summed E-state index contributed by atoms with van der Waals surface area (Å²) in [4.78, 5) is 11.1. The zero-order valence-electron chi connectivity index (χ0n) is 8.58. The van der Waals surface area contributed by atoms with Gasteiger partial charge in [-0.1, -0.05) is 0 Å². The van der Waals surface area contributed by atoms with Crippen LogP contribution in [0.5, 0.6) is 0 Å². The van der Waals surface area contributed by atoms with Crippen LogP contribution in [-0.2, 0) is 0 Å². The van der Waals surface area contributed by atoms with Crippen molar-refractivity contribution in [3.63, 3.8) is 0 Å². The number of hydrogen-bond donors (Lipinski definition) is 2. The average molecular weight is 216 g/mol. The Hall–Kier alpha value is -2.17. The number of rotatable bonds is 0. The third kappa shape index (κ3) is 1.08. The van der Waals surface area contributed by atoms with Crippen molar-refractivity contribution < 1.29 is 4.39 Å². The van der Waals surface area contributed by atoms with E-state index < -0.39 is 0 Å². The maximum absolute atomic E-state index is 13.5. The molecule has 0 atom stereocenters. The van der Waals surface area contributed by atoms with Crippen molar-refractivity contribution in [3.05, 3.63) is 29.8 Å². The summed E-state index contributed by atoms with van der Waals surface area (Å²) in [5.74, 6) is 0.108. The number of fused-ring (bicyclic) bond motifs is 3. The van der Waals surface area contributed by atoms with Crippen LogP contribution in [0.4, 0.5) is 10.2 Å². The molecule has 0 fully saturated rings. The summed E-state index contributed by atoms with van der Waals surface area (Å²) in [6.45, 7) is 1.72. The molecule has 4 nitrogen and oxygen atoms in total. The number of nitrogen functional groups attached to an aromatic ring is 1. The molecular weight excluding hydrogens is 207 g/mol. The van der Waals surface area contributed by atoms with Crippen molar-refractivity contribution >= 4 is 27.8 Å². The summed E-state index contributed by atoms with van der Waals surface area (Å²) in [6.07, 6.45) is 1.39. The van der Waals surface area contributed by atoms with Crippen LogP contribution in [0.1, 0.15) is 5.56 Å². The van der Waals surface area contributed by atoms with Gasteiger partial charge >= 0.3 is 0 Å². The van der Waals surface area contributed by atoms with E-state index in [2.05, 4.69) is 15.0 Å². The summed E-state index contributed by atoms with van der Waals surface area (Å²) < 4.78 is 13.5. The SMILES string of the molecule is Cc1cc2[nH]c3ncnc(N)c3c2cc1F. The monoisotopic (exact) mass is 216 g/mol. The standard InChI is InChI=1S/C11H9FN4/c1-5-2-8-6(3-7(5)12)9-10(13)14-4-15-11(9)16-8/h2-4H,1H3,(H3,13,14,15,16). The first-order valence-corrected chi connectivity index (χ1v) is 4.85. The third-order valence-electron chi connectivity index (χ3n) is 2.70. The molecule has 1 aromatic carbocycles. The number of nitrogens with zero attached hydrogens (tertiary/aromatic N) is 2. The Kier molecular flexibility index (Phi) is 1.65. The number of halogens is 1. The summed E-state index contributed by atoms with van der Waals surface area (Å²) in [6, 6.07) is 3.20. The molecule has 0 aliphatic carbocycles. The van der Waals surface area contributed by atoms with E-state index in [1.165, 1.54) is 12.4 Å². The van der Waals surface area contributed by atoms with Crippen LogP contribution < -0.4 is 5.73 Å². The first kappa shape index (κ1) is 9.08. The van der Waals surface area contributed by atoms with E-state index in [9.17, 15) is 4.39 Å². The Balaban J connectivity index is 2.58. The number of benzene rings is 1. The second-order valence-electron chi connectivity index (χ2n) is 3.75. The molecule has 0 unspecified atom stereocenters. The zero-order valence-corrected chi connectivity index (χ0v) is 8.58. The van der Waals surface area contributed by atoms with Crippen molar-refractivity contribution in [2.45, 2.75) is 6.92 Å². The van der Waals surface area contributed by atoms with E-state index in [4.69, 9.17) is 5.73 Å². The fraction of sp³-hybridized carbons (Fsp3) is 0.0909. The maximum atomic E-state index is 13.5. The minimum absolute atomic E-state index is 0.253. The quantitative estimate of drug-likeness (QED) is 0.605. The topological polar surface area (TPSA) is 67.6 Å². The molecule has 0 amide bonds. The molecule has 3 N–H and O–H groups in total. The fourth-order valence-corrected chi connectivity index (χ4v) is 1.88. The van der Waals surface area contributed by atoms with E-state index in [1.807, 2.05) is 0 Å². The summed E-state index contributed by atoms with van der Waals surface area (Å²) in [5.41, 5.74) is 7.80. The van der Waals surface area contributed by atoms with E-state index in [-0.39, 0.29) is 5.82 Å². The molecule has 0 aliphatic heterocycles.